The smallest absolute Gasteiger partial charge is 0.265 e. The van der Waals surface area contributed by atoms with Crippen molar-refractivity contribution in [1.29, 1.82) is 0 Å². The Labute approximate surface area is 151 Å². The first-order valence-corrected chi connectivity index (χ1v) is 7.94. The van der Waals surface area contributed by atoms with E-state index in [0.29, 0.717) is 0 Å². The Bertz CT molecular complexity index is 1080. The molecule has 124 valence electrons. The van der Waals surface area contributed by atoms with E-state index in [9.17, 15) is 14.3 Å². The quantitative estimate of drug-likeness (QED) is 0.558. The Balaban J connectivity index is 2.48. The number of benzene rings is 1. The Morgan fingerprint density at radius 1 is 1.44 bits per heavy atom. The molecule has 2 radical (unpaired) electrons. The van der Waals surface area contributed by atoms with Gasteiger partial charge in [0, 0.05) is 6.51 Å². The lowest BCUT2D eigenvalue weighted by Gasteiger charge is -2.15. The molecule has 0 spiro atoms. The molecule has 0 amide bonds. The van der Waals surface area contributed by atoms with E-state index in [-0.39, 0.29) is 46.1 Å². The van der Waals surface area contributed by atoms with Crippen LogP contribution in [-0.4, -0.2) is 32.8 Å². The monoisotopic (exact) mass is 375 g/mol. The van der Waals surface area contributed by atoms with E-state index in [1.807, 2.05) is 0 Å². The van der Waals surface area contributed by atoms with Crippen LogP contribution < -0.4 is 10.3 Å². The first-order valence-electron chi connectivity index (χ1n) is 6.84. The maximum atomic E-state index is 14.5. The Hall–Kier alpha value is -2.57. The molecule has 3 aromatic rings. The molecule has 0 saturated heterocycles. The van der Waals surface area contributed by atoms with Gasteiger partial charge in [-0.15, -0.1) is 6.42 Å². The lowest BCUT2D eigenvalue weighted by atomic mass is 10.0. The van der Waals surface area contributed by atoms with Crippen molar-refractivity contribution in [1.82, 2.24) is 13.3 Å². The summed E-state index contributed by atoms with van der Waals surface area (Å²) < 4.78 is 28.7. The molecule has 0 saturated carbocycles. The first-order chi connectivity index (χ1) is 12.0. The van der Waals surface area contributed by atoms with Crippen molar-refractivity contribution in [2.24, 2.45) is 0 Å². The molecule has 1 aromatic carbocycles. The van der Waals surface area contributed by atoms with E-state index in [4.69, 9.17) is 30.6 Å². The van der Waals surface area contributed by atoms with E-state index < -0.39 is 17.1 Å². The standard InChI is InChI=1S/C15H8BClFN3O3S/c1-2-5-21-14-11(19-25-20-14)12(22)10(15(21)23)9-8(18)4-3-7(17)13(9)24-6-16/h1,3-4,22H,5-6H2. The van der Waals surface area contributed by atoms with Gasteiger partial charge in [-0.3, -0.25) is 9.36 Å². The number of terminal acetylenes is 1. The van der Waals surface area contributed by atoms with Crippen molar-refractivity contribution in [3.05, 3.63) is 33.3 Å². The molecule has 2 aromatic heterocycles. The summed E-state index contributed by atoms with van der Waals surface area (Å²) in [6.45, 7) is -0.445. The number of ether oxygens (including phenoxy) is 1. The average molecular weight is 376 g/mol. The third-order valence-corrected chi connectivity index (χ3v) is 4.25. The van der Waals surface area contributed by atoms with E-state index in [0.717, 1.165) is 22.4 Å². The maximum absolute atomic E-state index is 14.5. The second-order valence-electron chi connectivity index (χ2n) is 4.80. The Morgan fingerprint density at radius 3 is 2.88 bits per heavy atom. The minimum absolute atomic E-state index is 0.0212. The molecule has 0 atom stereocenters. The van der Waals surface area contributed by atoms with Crippen LogP contribution in [0, 0.1) is 18.2 Å². The number of rotatable bonds is 4. The zero-order chi connectivity index (χ0) is 18.1. The molecule has 0 aliphatic heterocycles. The zero-order valence-electron chi connectivity index (χ0n) is 12.5. The molecule has 0 bridgehead atoms. The van der Waals surface area contributed by atoms with Crippen LogP contribution in [0.15, 0.2) is 16.9 Å². The number of nitrogens with zero attached hydrogens (tertiary/aromatic N) is 3. The zero-order valence-corrected chi connectivity index (χ0v) is 14.1. The van der Waals surface area contributed by atoms with Crippen LogP contribution in [0.25, 0.3) is 22.3 Å². The van der Waals surface area contributed by atoms with Crippen LogP contribution in [-0.2, 0) is 6.54 Å². The van der Waals surface area contributed by atoms with Gasteiger partial charge in [0.25, 0.3) is 5.56 Å². The summed E-state index contributed by atoms with van der Waals surface area (Å²) in [5, 5.41) is 10.5. The van der Waals surface area contributed by atoms with Crippen LogP contribution in [0.1, 0.15) is 0 Å². The van der Waals surface area contributed by atoms with Gasteiger partial charge in [-0.05, 0) is 12.1 Å². The molecule has 6 nitrogen and oxygen atoms in total. The largest absolute Gasteiger partial charge is 0.505 e. The van der Waals surface area contributed by atoms with E-state index >= 15 is 0 Å². The van der Waals surface area contributed by atoms with Crippen LogP contribution in [0.5, 0.6) is 11.5 Å². The molecule has 10 heteroatoms. The molecule has 1 N–H and O–H groups in total. The van der Waals surface area contributed by atoms with Crippen molar-refractivity contribution in [2.75, 3.05) is 6.51 Å². The van der Waals surface area contributed by atoms with E-state index in [2.05, 4.69) is 14.7 Å². The highest BCUT2D eigenvalue weighted by Crippen LogP contribution is 2.42. The molecule has 25 heavy (non-hydrogen) atoms. The highest BCUT2D eigenvalue weighted by atomic mass is 35.5. The van der Waals surface area contributed by atoms with Gasteiger partial charge >= 0.3 is 0 Å². The van der Waals surface area contributed by atoms with E-state index in [1.165, 1.54) is 6.07 Å². The number of aromatic hydroxyl groups is 1. The molecule has 0 aliphatic carbocycles. The highest BCUT2D eigenvalue weighted by molar-refractivity contribution is 7.00. The second kappa shape index (κ2) is 6.74. The third kappa shape index (κ3) is 2.73. The predicted molar refractivity (Wildman–Crippen MR) is 93.8 cm³/mol. The fraction of sp³-hybridized carbons (Fsp3) is 0.133. The summed E-state index contributed by atoms with van der Waals surface area (Å²) in [4.78, 5) is 12.9. The van der Waals surface area contributed by atoms with Gasteiger partial charge in [-0.2, -0.15) is 8.75 Å². The molecule has 0 aliphatic rings. The molecular formula is C15H8BClFN3O3S. The lowest BCUT2D eigenvalue weighted by Crippen LogP contribution is -2.23. The number of pyridine rings is 1. The van der Waals surface area contributed by atoms with Crippen molar-refractivity contribution < 1.29 is 14.2 Å². The number of fused-ring (bicyclic) bond motifs is 1. The lowest BCUT2D eigenvalue weighted by molar-refractivity contribution is 0.386. The Morgan fingerprint density at radius 2 is 2.20 bits per heavy atom. The van der Waals surface area contributed by atoms with Crippen molar-refractivity contribution in [3.63, 3.8) is 0 Å². The van der Waals surface area contributed by atoms with Gasteiger partial charge in [-0.1, -0.05) is 17.5 Å². The summed E-state index contributed by atoms with van der Waals surface area (Å²) in [6.07, 6.45) is 5.29. The van der Waals surface area contributed by atoms with Gasteiger partial charge in [-0.25, -0.2) is 4.39 Å². The van der Waals surface area contributed by atoms with Gasteiger partial charge in [0.05, 0.1) is 34.4 Å². The van der Waals surface area contributed by atoms with Crippen LogP contribution >= 0.6 is 23.3 Å². The number of hydrogen-bond donors (Lipinski definition) is 1. The summed E-state index contributed by atoms with van der Waals surface area (Å²) in [7, 11) is 5.36. The molecule has 3 rings (SSSR count). The molecular weight excluding hydrogens is 368 g/mol. The molecule has 0 unspecified atom stereocenters. The summed E-state index contributed by atoms with van der Waals surface area (Å²) in [6, 6.07) is 2.31. The SMILES string of the molecule is [B]COc1c(Cl)ccc(F)c1-c1c(O)c2nsnc2n(CC#C)c1=O. The number of aromatic nitrogens is 3. The molecule has 2 heterocycles. The number of hydrogen-bond acceptors (Lipinski definition) is 6. The fourth-order valence-electron chi connectivity index (χ4n) is 2.41. The summed E-state index contributed by atoms with van der Waals surface area (Å²) in [5.41, 5.74) is -1.32. The number of halogens is 2. The van der Waals surface area contributed by atoms with Gasteiger partial charge < -0.3 is 9.84 Å². The molecule has 0 fully saturated rings. The summed E-state index contributed by atoms with van der Waals surface area (Å²) >= 11 is 6.82. The second-order valence-corrected chi connectivity index (χ2v) is 5.74. The minimum Gasteiger partial charge on any atom is -0.505 e. The topological polar surface area (TPSA) is 77.2 Å². The van der Waals surface area contributed by atoms with Crippen LogP contribution in [0.3, 0.4) is 0 Å². The minimum atomic E-state index is -0.824. The van der Waals surface area contributed by atoms with Crippen molar-refractivity contribution >= 4 is 42.3 Å². The van der Waals surface area contributed by atoms with Crippen molar-refractivity contribution in [2.45, 2.75) is 6.54 Å². The first kappa shape index (κ1) is 17.3. The highest BCUT2D eigenvalue weighted by Gasteiger charge is 2.26. The summed E-state index contributed by atoms with van der Waals surface area (Å²) in [5.74, 6) is 0.796. The maximum Gasteiger partial charge on any atom is 0.265 e. The van der Waals surface area contributed by atoms with Crippen molar-refractivity contribution in [3.8, 4) is 35.0 Å². The van der Waals surface area contributed by atoms with Crippen LogP contribution in [0.4, 0.5) is 4.39 Å². The van der Waals surface area contributed by atoms with Gasteiger partial charge in [0.1, 0.15) is 19.4 Å². The van der Waals surface area contributed by atoms with Crippen LogP contribution in [0.2, 0.25) is 5.02 Å². The van der Waals surface area contributed by atoms with Gasteiger partial charge in [0.15, 0.2) is 16.9 Å². The fourth-order valence-corrected chi connectivity index (χ4v) is 3.18. The normalized spacial score (nSPS) is 10.8. The predicted octanol–water partition coefficient (Wildman–Crippen LogP) is 2.16. The average Bonchev–Trinajstić information content (AvgIpc) is 3.07. The Kier molecular flexibility index (Phi) is 4.66. The van der Waals surface area contributed by atoms with E-state index in [1.54, 1.807) is 0 Å². The van der Waals surface area contributed by atoms with Gasteiger partial charge in [0.2, 0.25) is 0 Å². The third-order valence-electron chi connectivity index (χ3n) is 3.43.